The summed E-state index contributed by atoms with van der Waals surface area (Å²) in [5.41, 5.74) is 2.66. The maximum atomic E-state index is 13.4. The number of nitrogens with one attached hydrogen (secondary N) is 2. The van der Waals surface area contributed by atoms with Crippen LogP contribution in [0, 0.1) is 0 Å². The summed E-state index contributed by atoms with van der Waals surface area (Å²) in [6.07, 6.45) is 0.141. The summed E-state index contributed by atoms with van der Waals surface area (Å²) < 4.78 is 57.8. The fraction of sp³-hybridized carbons (Fsp3) is 0.261. The standard InChI is InChI=1S/C23H25N3O6S3/c1-32-19-9-6-16(7-10-19)15-34(28,29)25-24-23(27)22-13-20(33)14-26(22)35(30,31)21-11-8-17-4-2-3-5-18(17)12-21/h2-12,20,22,25,33H,13-15H2,1H3,(H,24,27)/t20-,22+/m1/s1. The molecule has 0 saturated carbocycles. The molecule has 9 nitrogen and oxygen atoms in total. The van der Waals surface area contributed by atoms with E-state index in [0.717, 1.165) is 15.1 Å². The second-order valence-electron chi connectivity index (χ2n) is 8.19. The Morgan fingerprint density at radius 3 is 2.40 bits per heavy atom. The molecule has 1 aliphatic rings. The lowest BCUT2D eigenvalue weighted by Gasteiger charge is -2.23. The van der Waals surface area contributed by atoms with Crippen LogP contribution in [0.2, 0.25) is 0 Å². The van der Waals surface area contributed by atoms with Crippen LogP contribution >= 0.6 is 12.6 Å². The number of ether oxygens (including phenoxy) is 1. The van der Waals surface area contributed by atoms with Crippen LogP contribution in [0.15, 0.2) is 71.6 Å². The number of methoxy groups -OCH3 is 1. The average molecular weight is 536 g/mol. The van der Waals surface area contributed by atoms with Gasteiger partial charge in [0.1, 0.15) is 11.8 Å². The molecule has 4 rings (SSSR count). The van der Waals surface area contributed by atoms with Crippen LogP contribution in [-0.2, 0) is 30.6 Å². The quantitative estimate of drug-likeness (QED) is 0.300. The lowest BCUT2D eigenvalue weighted by Crippen LogP contribution is -2.51. The second-order valence-corrected chi connectivity index (χ2v) is 12.5. The van der Waals surface area contributed by atoms with Gasteiger partial charge in [-0.2, -0.15) is 16.9 Å². The van der Waals surface area contributed by atoms with Crippen molar-refractivity contribution in [2.24, 2.45) is 0 Å². The number of amides is 1. The third kappa shape index (κ3) is 5.78. The number of nitrogens with zero attached hydrogens (tertiary/aromatic N) is 1. The number of hydrogen-bond acceptors (Lipinski definition) is 7. The number of hydrogen-bond donors (Lipinski definition) is 3. The number of sulfonamides is 2. The van der Waals surface area contributed by atoms with Crippen LogP contribution in [0.25, 0.3) is 10.8 Å². The van der Waals surface area contributed by atoms with Crippen molar-refractivity contribution in [3.05, 3.63) is 72.3 Å². The van der Waals surface area contributed by atoms with Crippen molar-refractivity contribution in [3.63, 3.8) is 0 Å². The van der Waals surface area contributed by atoms with Crippen molar-refractivity contribution >= 4 is 49.4 Å². The molecule has 2 N–H and O–H groups in total. The highest BCUT2D eigenvalue weighted by atomic mass is 32.2. The second kappa shape index (κ2) is 10.2. The van der Waals surface area contributed by atoms with Gasteiger partial charge in [0.15, 0.2) is 0 Å². The van der Waals surface area contributed by atoms with Gasteiger partial charge in [-0.15, -0.1) is 4.83 Å². The van der Waals surface area contributed by atoms with E-state index < -0.39 is 32.0 Å². The van der Waals surface area contributed by atoms with E-state index in [0.29, 0.717) is 11.3 Å². The molecule has 0 spiro atoms. The molecule has 0 bridgehead atoms. The van der Waals surface area contributed by atoms with E-state index in [1.165, 1.54) is 13.2 Å². The van der Waals surface area contributed by atoms with E-state index in [-0.39, 0.29) is 28.9 Å². The van der Waals surface area contributed by atoms with Gasteiger partial charge >= 0.3 is 0 Å². The van der Waals surface area contributed by atoms with Crippen molar-refractivity contribution in [1.82, 2.24) is 14.6 Å². The first-order chi connectivity index (χ1) is 16.6. The Hall–Kier alpha value is -2.64. The normalized spacial score (nSPS) is 19.0. The first-order valence-electron chi connectivity index (χ1n) is 10.7. The molecule has 1 fully saturated rings. The van der Waals surface area contributed by atoms with Gasteiger partial charge in [0.05, 0.1) is 17.8 Å². The highest BCUT2D eigenvalue weighted by Gasteiger charge is 2.43. The molecule has 1 saturated heterocycles. The van der Waals surface area contributed by atoms with Crippen LogP contribution in [0.5, 0.6) is 5.75 Å². The number of hydrazine groups is 1. The minimum atomic E-state index is -4.03. The largest absolute Gasteiger partial charge is 0.497 e. The molecule has 0 aromatic heterocycles. The molecule has 3 aromatic carbocycles. The van der Waals surface area contributed by atoms with Crippen LogP contribution in [0.3, 0.4) is 0 Å². The number of rotatable bonds is 8. The third-order valence-corrected chi connectivity index (χ3v) is 9.08. The topological polar surface area (TPSA) is 122 Å². The van der Waals surface area contributed by atoms with Gasteiger partial charge < -0.3 is 4.74 Å². The van der Waals surface area contributed by atoms with Crippen molar-refractivity contribution in [2.45, 2.75) is 28.4 Å². The molecule has 2 atom stereocenters. The fourth-order valence-electron chi connectivity index (χ4n) is 3.94. The Labute approximate surface area is 210 Å². The van der Waals surface area contributed by atoms with Crippen LogP contribution in [0.4, 0.5) is 0 Å². The van der Waals surface area contributed by atoms with E-state index in [1.54, 1.807) is 36.4 Å². The van der Waals surface area contributed by atoms with Gasteiger partial charge in [-0.25, -0.2) is 16.8 Å². The molecule has 0 aliphatic carbocycles. The van der Waals surface area contributed by atoms with Crippen molar-refractivity contribution < 1.29 is 26.4 Å². The van der Waals surface area contributed by atoms with Crippen molar-refractivity contribution in [2.75, 3.05) is 13.7 Å². The SMILES string of the molecule is COc1ccc(CS(=O)(=O)NNC(=O)[C@@H]2C[C@@H](S)CN2S(=O)(=O)c2ccc3ccccc3c2)cc1. The Balaban J connectivity index is 1.48. The van der Waals surface area contributed by atoms with E-state index in [9.17, 15) is 21.6 Å². The summed E-state index contributed by atoms with van der Waals surface area (Å²) in [5, 5.41) is 1.26. The maximum absolute atomic E-state index is 13.4. The monoisotopic (exact) mass is 535 g/mol. The van der Waals surface area contributed by atoms with Crippen molar-refractivity contribution in [3.8, 4) is 5.75 Å². The number of carbonyl (C=O) groups is 1. The Kier molecular flexibility index (Phi) is 7.38. The molecule has 12 heteroatoms. The Bertz CT molecular complexity index is 1440. The fourth-order valence-corrected chi connectivity index (χ4v) is 7.07. The Morgan fingerprint density at radius 1 is 1.03 bits per heavy atom. The summed E-state index contributed by atoms with van der Waals surface area (Å²) in [6.45, 7) is 0.0228. The predicted octanol–water partition coefficient (Wildman–Crippen LogP) is 2.06. The Morgan fingerprint density at radius 2 is 1.71 bits per heavy atom. The molecular weight excluding hydrogens is 510 g/mol. The molecule has 0 unspecified atom stereocenters. The zero-order chi connectivity index (χ0) is 25.2. The minimum Gasteiger partial charge on any atom is -0.497 e. The zero-order valence-corrected chi connectivity index (χ0v) is 21.3. The lowest BCUT2D eigenvalue weighted by atomic mass is 10.1. The first-order valence-corrected chi connectivity index (χ1v) is 14.3. The maximum Gasteiger partial charge on any atom is 0.253 e. The number of fused-ring (bicyclic) bond motifs is 1. The van der Waals surface area contributed by atoms with Gasteiger partial charge in [0.2, 0.25) is 20.0 Å². The highest BCUT2D eigenvalue weighted by Crippen LogP contribution is 2.30. The van der Waals surface area contributed by atoms with Gasteiger partial charge in [-0.3, -0.25) is 10.2 Å². The summed E-state index contributed by atoms with van der Waals surface area (Å²) in [5.74, 6) is -0.567. The molecule has 1 heterocycles. The van der Waals surface area contributed by atoms with Crippen LogP contribution in [-0.4, -0.2) is 52.0 Å². The number of thiol groups is 1. The lowest BCUT2D eigenvalue weighted by molar-refractivity contribution is -0.124. The summed E-state index contributed by atoms with van der Waals surface area (Å²) in [7, 11) is -6.46. The zero-order valence-electron chi connectivity index (χ0n) is 18.8. The molecule has 1 aliphatic heterocycles. The van der Waals surface area contributed by atoms with Gasteiger partial charge in [0, 0.05) is 11.8 Å². The summed E-state index contributed by atoms with van der Waals surface area (Å²) in [4.78, 5) is 15.0. The van der Waals surface area contributed by atoms with E-state index in [1.807, 2.05) is 24.3 Å². The van der Waals surface area contributed by atoms with E-state index in [4.69, 9.17) is 4.74 Å². The van der Waals surface area contributed by atoms with Gasteiger partial charge in [-0.05, 0) is 47.0 Å². The molecule has 0 radical (unpaired) electrons. The number of carbonyl (C=O) groups excluding carboxylic acids is 1. The highest BCUT2D eigenvalue weighted by molar-refractivity contribution is 7.89. The van der Waals surface area contributed by atoms with Crippen LogP contribution in [0.1, 0.15) is 12.0 Å². The van der Waals surface area contributed by atoms with E-state index >= 15 is 0 Å². The van der Waals surface area contributed by atoms with Gasteiger partial charge in [-0.1, -0.05) is 42.5 Å². The summed E-state index contributed by atoms with van der Waals surface area (Å²) >= 11 is 4.38. The molecule has 35 heavy (non-hydrogen) atoms. The molecule has 1 amide bonds. The van der Waals surface area contributed by atoms with E-state index in [2.05, 4.69) is 22.9 Å². The molecular formula is C23H25N3O6S3. The van der Waals surface area contributed by atoms with Crippen molar-refractivity contribution in [1.29, 1.82) is 0 Å². The average Bonchev–Trinajstić information content (AvgIpc) is 3.25. The molecule has 186 valence electrons. The summed E-state index contributed by atoms with van der Waals surface area (Å²) in [6, 6.07) is 17.5. The number of benzene rings is 3. The van der Waals surface area contributed by atoms with Gasteiger partial charge in [0.25, 0.3) is 5.91 Å². The van der Waals surface area contributed by atoms with Crippen LogP contribution < -0.4 is 15.0 Å². The molecule has 3 aromatic rings. The predicted molar refractivity (Wildman–Crippen MR) is 136 cm³/mol. The third-order valence-electron chi connectivity index (χ3n) is 5.71. The smallest absolute Gasteiger partial charge is 0.253 e. The first kappa shape index (κ1) is 25.5. The minimum absolute atomic E-state index is 0.0228.